The first-order chi connectivity index (χ1) is 9.54. The number of aryl methyl sites for hydroxylation is 2. The summed E-state index contributed by atoms with van der Waals surface area (Å²) in [6, 6.07) is 1.91. The topological polar surface area (TPSA) is 76.0 Å². The fraction of sp³-hybridized carbons (Fsp3) is 0.643. The fourth-order valence-electron chi connectivity index (χ4n) is 2.68. The van der Waals surface area contributed by atoms with Crippen LogP contribution in [0.25, 0.3) is 0 Å². The van der Waals surface area contributed by atoms with Gasteiger partial charge in [0.05, 0.1) is 5.69 Å². The zero-order chi connectivity index (χ0) is 14.5. The van der Waals surface area contributed by atoms with E-state index >= 15 is 0 Å². The van der Waals surface area contributed by atoms with Crippen molar-refractivity contribution in [3.05, 3.63) is 17.5 Å². The van der Waals surface area contributed by atoms with E-state index < -0.39 is 0 Å². The minimum absolute atomic E-state index is 0.112. The van der Waals surface area contributed by atoms with Crippen LogP contribution in [0.4, 0.5) is 0 Å². The number of nitrogens with zero attached hydrogens (tertiary/aromatic N) is 2. The summed E-state index contributed by atoms with van der Waals surface area (Å²) in [5.74, 6) is 0.0949. The maximum atomic E-state index is 11.7. The summed E-state index contributed by atoms with van der Waals surface area (Å²) in [5.41, 5.74) is 6.72. The summed E-state index contributed by atoms with van der Waals surface area (Å²) in [6.45, 7) is 3.89. The lowest BCUT2D eigenvalue weighted by Gasteiger charge is -2.11. The Balaban J connectivity index is 1.71. The van der Waals surface area contributed by atoms with Gasteiger partial charge in [-0.05, 0) is 38.7 Å². The number of hydrogen-bond acceptors (Lipinski definition) is 3. The van der Waals surface area contributed by atoms with Crippen LogP contribution in [-0.2, 0) is 16.1 Å². The third-order valence-corrected chi connectivity index (χ3v) is 3.69. The minimum atomic E-state index is -0.268. The molecule has 1 fully saturated rings. The molecule has 1 heterocycles. The number of hydrazine groups is 1. The zero-order valence-electron chi connectivity index (χ0n) is 12.1. The molecule has 2 N–H and O–H groups in total. The highest BCUT2D eigenvalue weighted by Gasteiger charge is 2.18. The van der Waals surface area contributed by atoms with Gasteiger partial charge in [-0.1, -0.05) is 12.8 Å². The molecule has 20 heavy (non-hydrogen) atoms. The first kappa shape index (κ1) is 14.6. The van der Waals surface area contributed by atoms with Crippen LogP contribution in [0, 0.1) is 19.8 Å². The Bertz CT molecular complexity index is 489. The average Bonchev–Trinajstić information content (AvgIpc) is 2.98. The van der Waals surface area contributed by atoms with Crippen LogP contribution >= 0.6 is 0 Å². The molecular weight excluding hydrogens is 256 g/mol. The summed E-state index contributed by atoms with van der Waals surface area (Å²) in [5, 5.41) is 4.20. The smallest absolute Gasteiger partial charge is 0.260 e. The van der Waals surface area contributed by atoms with Crippen molar-refractivity contribution in [3.8, 4) is 0 Å². The van der Waals surface area contributed by atoms with Gasteiger partial charge < -0.3 is 0 Å². The molecular formula is C14H22N4O2. The van der Waals surface area contributed by atoms with Crippen LogP contribution in [0.5, 0.6) is 0 Å². The third kappa shape index (κ3) is 4.08. The molecule has 0 aromatic carbocycles. The second kappa shape index (κ2) is 6.54. The van der Waals surface area contributed by atoms with Gasteiger partial charge in [0.15, 0.2) is 0 Å². The van der Waals surface area contributed by atoms with Gasteiger partial charge in [0.25, 0.3) is 5.91 Å². The van der Waals surface area contributed by atoms with Crippen molar-refractivity contribution in [1.29, 1.82) is 0 Å². The summed E-state index contributed by atoms with van der Waals surface area (Å²) < 4.78 is 1.62. The predicted octanol–water partition coefficient (Wildman–Crippen LogP) is 1.23. The molecule has 0 radical (unpaired) electrons. The predicted molar refractivity (Wildman–Crippen MR) is 74.6 cm³/mol. The lowest BCUT2D eigenvalue weighted by atomic mass is 10.0. The molecule has 1 aromatic rings. The Kier molecular flexibility index (Phi) is 4.76. The number of rotatable bonds is 4. The van der Waals surface area contributed by atoms with Gasteiger partial charge in [-0.25, -0.2) is 0 Å². The Morgan fingerprint density at radius 3 is 2.50 bits per heavy atom. The average molecular weight is 278 g/mol. The summed E-state index contributed by atoms with van der Waals surface area (Å²) >= 11 is 0. The minimum Gasteiger partial charge on any atom is -0.273 e. The number of hydrogen-bond donors (Lipinski definition) is 2. The molecule has 0 saturated heterocycles. The third-order valence-electron chi connectivity index (χ3n) is 3.69. The molecule has 110 valence electrons. The molecule has 2 amide bonds. The van der Waals surface area contributed by atoms with E-state index in [9.17, 15) is 9.59 Å². The van der Waals surface area contributed by atoms with E-state index in [1.807, 2.05) is 19.9 Å². The van der Waals surface area contributed by atoms with E-state index in [1.54, 1.807) is 4.68 Å². The van der Waals surface area contributed by atoms with Crippen molar-refractivity contribution < 1.29 is 9.59 Å². The van der Waals surface area contributed by atoms with Crippen LogP contribution in [0.1, 0.15) is 43.5 Å². The van der Waals surface area contributed by atoms with E-state index in [1.165, 1.54) is 12.8 Å². The molecule has 6 heteroatoms. The van der Waals surface area contributed by atoms with Crippen molar-refractivity contribution in [1.82, 2.24) is 20.6 Å². The Hall–Kier alpha value is -1.85. The van der Waals surface area contributed by atoms with E-state index in [4.69, 9.17) is 0 Å². The molecule has 0 bridgehead atoms. The lowest BCUT2D eigenvalue weighted by Crippen LogP contribution is -2.43. The van der Waals surface area contributed by atoms with Gasteiger partial charge in [0.1, 0.15) is 6.54 Å². The maximum absolute atomic E-state index is 11.7. The molecule has 0 aliphatic heterocycles. The fourth-order valence-corrected chi connectivity index (χ4v) is 2.68. The van der Waals surface area contributed by atoms with Crippen molar-refractivity contribution in [2.75, 3.05) is 0 Å². The SMILES string of the molecule is Cc1cc(C)n(CC(=O)NNC(=O)CC2CCCC2)n1. The van der Waals surface area contributed by atoms with Crippen molar-refractivity contribution in [2.45, 2.75) is 52.5 Å². The zero-order valence-corrected chi connectivity index (χ0v) is 12.1. The largest absolute Gasteiger partial charge is 0.273 e. The van der Waals surface area contributed by atoms with E-state index in [2.05, 4.69) is 16.0 Å². The van der Waals surface area contributed by atoms with Crippen molar-refractivity contribution >= 4 is 11.8 Å². The van der Waals surface area contributed by atoms with Crippen molar-refractivity contribution in [2.24, 2.45) is 5.92 Å². The quantitative estimate of drug-likeness (QED) is 0.813. The highest BCUT2D eigenvalue weighted by atomic mass is 16.2. The van der Waals surface area contributed by atoms with Crippen LogP contribution in [-0.4, -0.2) is 21.6 Å². The Morgan fingerprint density at radius 2 is 1.90 bits per heavy atom. The molecule has 2 rings (SSSR count). The molecule has 1 aliphatic carbocycles. The number of nitrogens with one attached hydrogen (secondary N) is 2. The van der Waals surface area contributed by atoms with Crippen LogP contribution in [0.15, 0.2) is 6.07 Å². The molecule has 1 aromatic heterocycles. The van der Waals surface area contributed by atoms with Gasteiger partial charge in [-0.15, -0.1) is 0 Å². The van der Waals surface area contributed by atoms with Crippen molar-refractivity contribution in [3.63, 3.8) is 0 Å². The van der Waals surface area contributed by atoms with Crippen LogP contribution in [0.2, 0.25) is 0 Å². The summed E-state index contributed by atoms with van der Waals surface area (Å²) in [4.78, 5) is 23.4. The van der Waals surface area contributed by atoms with Gasteiger partial charge in [0, 0.05) is 12.1 Å². The van der Waals surface area contributed by atoms with E-state index in [0.717, 1.165) is 24.2 Å². The summed E-state index contributed by atoms with van der Waals surface area (Å²) in [7, 11) is 0. The number of carbonyl (C=O) groups excluding carboxylic acids is 2. The maximum Gasteiger partial charge on any atom is 0.260 e. The van der Waals surface area contributed by atoms with Gasteiger partial charge in [-0.2, -0.15) is 5.10 Å². The molecule has 1 saturated carbocycles. The highest BCUT2D eigenvalue weighted by molar-refractivity contribution is 5.81. The molecule has 0 spiro atoms. The highest BCUT2D eigenvalue weighted by Crippen LogP contribution is 2.27. The van der Waals surface area contributed by atoms with Crippen LogP contribution < -0.4 is 10.9 Å². The molecule has 0 atom stereocenters. The van der Waals surface area contributed by atoms with Gasteiger partial charge in [-0.3, -0.25) is 25.1 Å². The second-order valence-electron chi connectivity index (χ2n) is 5.54. The van der Waals surface area contributed by atoms with E-state index in [-0.39, 0.29) is 18.4 Å². The standard InChI is InChI=1S/C14H22N4O2/c1-10-7-11(2)18(17-10)9-14(20)16-15-13(19)8-12-5-3-4-6-12/h7,12H,3-6,8-9H2,1-2H3,(H,15,19)(H,16,20). The number of amides is 2. The number of aromatic nitrogens is 2. The van der Waals surface area contributed by atoms with Crippen LogP contribution in [0.3, 0.4) is 0 Å². The Morgan fingerprint density at radius 1 is 1.25 bits per heavy atom. The number of carbonyl (C=O) groups is 2. The van der Waals surface area contributed by atoms with Gasteiger partial charge >= 0.3 is 0 Å². The second-order valence-corrected chi connectivity index (χ2v) is 5.54. The van der Waals surface area contributed by atoms with Gasteiger partial charge in [0.2, 0.25) is 5.91 Å². The van der Waals surface area contributed by atoms with E-state index in [0.29, 0.717) is 12.3 Å². The lowest BCUT2D eigenvalue weighted by molar-refractivity contribution is -0.129. The Labute approximate surface area is 118 Å². The first-order valence-corrected chi connectivity index (χ1v) is 7.13. The molecule has 0 unspecified atom stereocenters. The molecule has 6 nitrogen and oxygen atoms in total. The normalized spacial score (nSPS) is 15.3. The summed E-state index contributed by atoms with van der Waals surface area (Å²) in [6.07, 6.45) is 5.16. The first-order valence-electron chi connectivity index (χ1n) is 7.13. The molecule has 1 aliphatic rings. The monoisotopic (exact) mass is 278 g/mol.